The summed E-state index contributed by atoms with van der Waals surface area (Å²) in [6, 6.07) is 5.72. The van der Waals surface area contributed by atoms with Crippen LogP contribution in [0.3, 0.4) is 0 Å². The lowest BCUT2D eigenvalue weighted by Crippen LogP contribution is -2.39. The van der Waals surface area contributed by atoms with Crippen molar-refractivity contribution in [2.24, 2.45) is 5.73 Å². The molecule has 1 saturated heterocycles. The van der Waals surface area contributed by atoms with Crippen molar-refractivity contribution in [3.8, 4) is 5.75 Å². The van der Waals surface area contributed by atoms with Gasteiger partial charge < -0.3 is 10.5 Å². The highest BCUT2D eigenvalue weighted by atomic mass is 79.9. The number of nitrogens with zero attached hydrogens (tertiary/aromatic N) is 1. The molecule has 2 rings (SSSR count). The predicted molar refractivity (Wildman–Crippen MR) is 87.3 cm³/mol. The van der Waals surface area contributed by atoms with Crippen molar-refractivity contribution < 1.29 is 13.2 Å². The summed E-state index contributed by atoms with van der Waals surface area (Å²) in [5.41, 5.74) is 6.97. The van der Waals surface area contributed by atoms with Gasteiger partial charge in [0, 0.05) is 23.1 Å². The number of rotatable bonds is 5. The van der Waals surface area contributed by atoms with Crippen molar-refractivity contribution >= 4 is 25.8 Å². The second kappa shape index (κ2) is 6.64. The molecule has 7 heteroatoms. The van der Waals surface area contributed by atoms with Crippen LogP contribution in [0.25, 0.3) is 0 Å². The average molecular weight is 377 g/mol. The van der Waals surface area contributed by atoms with E-state index in [2.05, 4.69) is 20.8 Å². The number of methoxy groups -OCH3 is 1. The summed E-state index contributed by atoms with van der Waals surface area (Å²) in [5, 5.41) is 0. The van der Waals surface area contributed by atoms with Gasteiger partial charge in [-0.25, -0.2) is 8.42 Å². The molecule has 1 heterocycles. The maximum atomic E-state index is 11.7. The zero-order valence-corrected chi connectivity index (χ0v) is 14.7. The first kappa shape index (κ1) is 16.7. The summed E-state index contributed by atoms with van der Waals surface area (Å²) < 4.78 is 29.6. The second-order valence-electron chi connectivity index (χ2n) is 5.36. The van der Waals surface area contributed by atoms with Gasteiger partial charge >= 0.3 is 0 Å². The molecule has 1 aromatic rings. The Morgan fingerprint density at radius 2 is 2.24 bits per heavy atom. The van der Waals surface area contributed by atoms with Crippen LogP contribution < -0.4 is 10.5 Å². The largest absolute Gasteiger partial charge is 0.497 e. The highest BCUT2D eigenvalue weighted by Gasteiger charge is 2.34. The minimum absolute atomic E-state index is 0.0154. The summed E-state index contributed by atoms with van der Waals surface area (Å²) in [6.07, 6.45) is 0.664. The van der Waals surface area contributed by atoms with Crippen LogP contribution in [0, 0.1) is 0 Å². The van der Waals surface area contributed by atoms with Gasteiger partial charge in [-0.05, 0) is 37.2 Å². The molecule has 1 aliphatic rings. The van der Waals surface area contributed by atoms with Crippen LogP contribution in [0.5, 0.6) is 5.75 Å². The number of halogens is 1. The van der Waals surface area contributed by atoms with Crippen LogP contribution in [-0.2, 0) is 9.84 Å². The molecule has 21 heavy (non-hydrogen) atoms. The number of likely N-dealkylation sites (N-methyl/N-ethyl adjacent to an activating group) is 1. The summed E-state index contributed by atoms with van der Waals surface area (Å²) in [6.45, 7) is 0.415. The van der Waals surface area contributed by atoms with Gasteiger partial charge in [0.25, 0.3) is 0 Å². The maximum Gasteiger partial charge on any atom is 0.151 e. The molecule has 0 spiro atoms. The third-order valence-electron chi connectivity index (χ3n) is 4.06. The molecule has 2 atom stereocenters. The third kappa shape index (κ3) is 3.77. The highest BCUT2D eigenvalue weighted by Crippen LogP contribution is 2.32. The topological polar surface area (TPSA) is 72.6 Å². The summed E-state index contributed by atoms with van der Waals surface area (Å²) >= 11 is 3.54. The minimum atomic E-state index is -2.91. The molecule has 0 aliphatic carbocycles. The smallest absolute Gasteiger partial charge is 0.151 e. The lowest BCUT2D eigenvalue weighted by Gasteiger charge is -2.32. The quantitative estimate of drug-likeness (QED) is 0.844. The molecular weight excluding hydrogens is 356 g/mol. The van der Waals surface area contributed by atoms with Crippen molar-refractivity contribution in [2.75, 3.05) is 32.2 Å². The van der Waals surface area contributed by atoms with Crippen LogP contribution in [-0.4, -0.2) is 51.6 Å². The Kier molecular flexibility index (Phi) is 5.29. The molecule has 0 saturated carbocycles. The molecule has 0 bridgehead atoms. The van der Waals surface area contributed by atoms with E-state index in [1.54, 1.807) is 7.11 Å². The van der Waals surface area contributed by atoms with Gasteiger partial charge in [-0.1, -0.05) is 15.9 Å². The standard InChI is InChI=1S/C14H21BrN2O3S/c1-17(10-5-6-21(18,19)9-10)14(8-16)12-7-11(20-2)3-4-13(12)15/h3-4,7,10,14H,5-6,8-9,16H2,1-2H3. The van der Waals surface area contributed by atoms with E-state index in [1.165, 1.54) is 0 Å². The Hall–Kier alpha value is -0.630. The molecule has 2 unspecified atom stereocenters. The Balaban J connectivity index is 2.27. The van der Waals surface area contributed by atoms with E-state index in [-0.39, 0.29) is 23.6 Å². The van der Waals surface area contributed by atoms with Gasteiger partial charge in [0.05, 0.1) is 18.6 Å². The zero-order valence-electron chi connectivity index (χ0n) is 12.3. The van der Waals surface area contributed by atoms with Crippen molar-refractivity contribution in [1.29, 1.82) is 0 Å². The van der Waals surface area contributed by atoms with Gasteiger partial charge in [-0.2, -0.15) is 0 Å². The van der Waals surface area contributed by atoms with E-state index in [0.717, 1.165) is 15.8 Å². The van der Waals surface area contributed by atoms with E-state index in [0.29, 0.717) is 13.0 Å². The first-order valence-electron chi connectivity index (χ1n) is 6.84. The summed E-state index contributed by atoms with van der Waals surface area (Å²) in [7, 11) is 0.656. The monoisotopic (exact) mass is 376 g/mol. The SMILES string of the molecule is COc1ccc(Br)c(C(CN)N(C)C2CCS(=O)(=O)C2)c1. The zero-order chi connectivity index (χ0) is 15.6. The summed E-state index contributed by atoms with van der Waals surface area (Å²) in [4.78, 5) is 2.07. The molecule has 1 aromatic carbocycles. The Morgan fingerprint density at radius 3 is 2.76 bits per heavy atom. The fourth-order valence-corrected chi connectivity index (χ4v) is 5.06. The fraction of sp³-hybridized carbons (Fsp3) is 0.571. The van der Waals surface area contributed by atoms with Gasteiger partial charge in [0.15, 0.2) is 9.84 Å². The highest BCUT2D eigenvalue weighted by molar-refractivity contribution is 9.10. The van der Waals surface area contributed by atoms with Gasteiger partial charge in [0.2, 0.25) is 0 Å². The Bertz CT molecular complexity index is 606. The Morgan fingerprint density at radius 1 is 1.52 bits per heavy atom. The molecule has 0 aromatic heterocycles. The van der Waals surface area contributed by atoms with Crippen LogP contribution in [0.2, 0.25) is 0 Å². The van der Waals surface area contributed by atoms with Crippen LogP contribution >= 0.6 is 15.9 Å². The van der Waals surface area contributed by atoms with Crippen LogP contribution in [0.15, 0.2) is 22.7 Å². The predicted octanol–water partition coefficient (Wildman–Crippen LogP) is 1.58. The van der Waals surface area contributed by atoms with Gasteiger partial charge in [-0.3, -0.25) is 4.90 Å². The van der Waals surface area contributed by atoms with Gasteiger partial charge in [-0.15, -0.1) is 0 Å². The lowest BCUT2D eigenvalue weighted by molar-refractivity contribution is 0.191. The van der Waals surface area contributed by atoms with Crippen molar-refractivity contribution in [1.82, 2.24) is 4.90 Å². The molecule has 2 N–H and O–H groups in total. The Labute approximate surface area is 134 Å². The van der Waals surface area contributed by atoms with E-state index in [9.17, 15) is 8.42 Å². The third-order valence-corrected chi connectivity index (χ3v) is 6.53. The summed E-state index contributed by atoms with van der Waals surface area (Å²) in [5.74, 6) is 1.24. The molecule has 0 amide bonds. The molecule has 1 fully saturated rings. The van der Waals surface area contributed by atoms with E-state index in [4.69, 9.17) is 10.5 Å². The number of hydrogen-bond acceptors (Lipinski definition) is 5. The van der Waals surface area contributed by atoms with E-state index >= 15 is 0 Å². The van der Waals surface area contributed by atoms with E-state index in [1.807, 2.05) is 25.2 Å². The number of ether oxygens (including phenoxy) is 1. The number of nitrogens with two attached hydrogens (primary N) is 1. The molecular formula is C14H21BrN2O3S. The first-order chi connectivity index (χ1) is 9.88. The normalized spacial score (nSPS) is 22.4. The molecule has 118 valence electrons. The number of sulfone groups is 1. The molecule has 0 radical (unpaired) electrons. The number of benzene rings is 1. The van der Waals surface area contributed by atoms with Crippen molar-refractivity contribution in [2.45, 2.75) is 18.5 Å². The van der Waals surface area contributed by atoms with Crippen molar-refractivity contribution in [3.63, 3.8) is 0 Å². The lowest BCUT2D eigenvalue weighted by atomic mass is 10.0. The second-order valence-corrected chi connectivity index (χ2v) is 8.44. The average Bonchev–Trinajstić information content (AvgIpc) is 2.81. The van der Waals surface area contributed by atoms with Crippen LogP contribution in [0.1, 0.15) is 18.0 Å². The molecule has 1 aliphatic heterocycles. The maximum absolute atomic E-state index is 11.7. The fourth-order valence-electron chi connectivity index (χ4n) is 2.77. The van der Waals surface area contributed by atoms with Gasteiger partial charge in [0.1, 0.15) is 5.75 Å². The number of hydrogen-bond donors (Lipinski definition) is 1. The first-order valence-corrected chi connectivity index (χ1v) is 9.45. The molecule has 5 nitrogen and oxygen atoms in total. The van der Waals surface area contributed by atoms with Crippen LogP contribution in [0.4, 0.5) is 0 Å². The van der Waals surface area contributed by atoms with Crippen molar-refractivity contribution in [3.05, 3.63) is 28.2 Å². The minimum Gasteiger partial charge on any atom is -0.497 e. The van der Waals surface area contributed by atoms with E-state index < -0.39 is 9.84 Å².